The van der Waals surface area contributed by atoms with Gasteiger partial charge in [-0.2, -0.15) is 0 Å². The van der Waals surface area contributed by atoms with Crippen LogP contribution in [0.25, 0.3) is 0 Å². The molecular formula is C23H19ClN2O3. The van der Waals surface area contributed by atoms with Crippen molar-refractivity contribution in [3.05, 3.63) is 97.9 Å². The lowest BCUT2D eigenvalue weighted by Crippen LogP contribution is -2.29. The van der Waals surface area contributed by atoms with Crippen LogP contribution in [0.3, 0.4) is 0 Å². The molecular weight excluding hydrogens is 388 g/mol. The van der Waals surface area contributed by atoms with Crippen molar-refractivity contribution in [2.45, 2.75) is 25.7 Å². The summed E-state index contributed by atoms with van der Waals surface area (Å²) in [5.41, 5.74) is 2.68. The van der Waals surface area contributed by atoms with E-state index in [4.69, 9.17) is 11.6 Å². The third-order valence-corrected chi connectivity index (χ3v) is 5.75. The largest absolute Gasteiger partial charge is 0.325 e. The molecule has 0 saturated carbocycles. The summed E-state index contributed by atoms with van der Waals surface area (Å²) in [5, 5.41) is 3.23. The Hall–Kier alpha value is -3.18. The molecule has 5 nitrogen and oxygen atoms in total. The summed E-state index contributed by atoms with van der Waals surface area (Å²) in [4.78, 5) is 40.8. The first-order chi connectivity index (χ1) is 13.9. The van der Waals surface area contributed by atoms with Gasteiger partial charge in [0.1, 0.15) is 5.56 Å². The molecule has 1 aromatic heterocycles. The van der Waals surface area contributed by atoms with Gasteiger partial charge >= 0.3 is 0 Å². The lowest BCUT2D eigenvalue weighted by atomic mass is 9.81. The van der Waals surface area contributed by atoms with Gasteiger partial charge in [0.25, 0.3) is 11.5 Å². The smallest absolute Gasteiger partial charge is 0.261 e. The highest BCUT2D eigenvalue weighted by Crippen LogP contribution is 2.31. The van der Waals surface area contributed by atoms with Crippen molar-refractivity contribution in [3.63, 3.8) is 0 Å². The summed E-state index contributed by atoms with van der Waals surface area (Å²) in [7, 11) is 0. The molecule has 6 heteroatoms. The standard InChI is InChI=1S/C23H19ClN2O3/c1-13-18(24)8-5-9-19(13)25-22(28)17-12-16-20(26-23(17)29)10-15(11-21(16)27)14-6-3-2-4-7-14/h2-9,12,15H,10-11H2,1H3,(H,25,28)(H,26,29)/t15-/m1/s1. The first-order valence-corrected chi connectivity index (χ1v) is 9.72. The van der Waals surface area contributed by atoms with E-state index < -0.39 is 11.5 Å². The quantitative estimate of drug-likeness (QED) is 0.672. The molecule has 3 aromatic rings. The van der Waals surface area contributed by atoms with E-state index in [1.54, 1.807) is 25.1 Å². The van der Waals surface area contributed by atoms with E-state index in [1.165, 1.54) is 6.07 Å². The SMILES string of the molecule is Cc1c(Cl)cccc1NC(=O)c1cc2c([nH]c1=O)C[C@@H](c1ccccc1)CC2=O. The van der Waals surface area contributed by atoms with Crippen molar-refractivity contribution in [3.8, 4) is 0 Å². The molecule has 29 heavy (non-hydrogen) atoms. The molecule has 2 aromatic carbocycles. The maximum absolute atomic E-state index is 12.7. The van der Waals surface area contributed by atoms with Crippen molar-refractivity contribution in [1.29, 1.82) is 0 Å². The summed E-state index contributed by atoms with van der Waals surface area (Å²) >= 11 is 6.09. The number of Topliss-reactive ketones (excluding diaryl/α,β-unsaturated/α-hetero) is 1. The number of fused-ring (bicyclic) bond motifs is 1. The van der Waals surface area contributed by atoms with E-state index in [9.17, 15) is 14.4 Å². The van der Waals surface area contributed by atoms with E-state index in [0.717, 1.165) is 5.56 Å². The predicted molar refractivity (Wildman–Crippen MR) is 113 cm³/mol. The maximum atomic E-state index is 12.7. The van der Waals surface area contributed by atoms with E-state index in [-0.39, 0.29) is 17.3 Å². The van der Waals surface area contributed by atoms with E-state index in [2.05, 4.69) is 10.3 Å². The van der Waals surface area contributed by atoms with Gasteiger partial charge in [-0.1, -0.05) is 48.0 Å². The number of pyridine rings is 1. The fraction of sp³-hybridized carbons (Fsp3) is 0.174. The van der Waals surface area contributed by atoms with Crippen LogP contribution in [-0.2, 0) is 6.42 Å². The number of ketones is 1. The molecule has 0 fully saturated rings. The molecule has 146 valence electrons. The average Bonchev–Trinajstić information content (AvgIpc) is 2.71. The highest BCUT2D eigenvalue weighted by atomic mass is 35.5. The number of hydrogen-bond acceptors (Lipinski definition) is 3. The number of carbonyl (C=O) groups excluding carboxylic acids is 2. The highest BCUT2D eigenvalue weighted by molar-refractivity contribution is 6.31. The lowest BCUT2D eigenvalue weighted by molar-refractivity contribution is 0.0963. The summed E-state index contributed by atoms with van der Waals surface area (Å²) in [5.74, 6) is -0.637. The van der Waals surface area contributed by atoms with Gasteiger partial charge in [0, 0.05) is 28.4 Å². The number of aromatic amines is 1. The Labute approximate surface area is 172 Å². The monoisotopic (exact) mass is 406 g/mol. The topological polar surface area (TPSA) is 79.0 Å². The molecule has 1 aliphatic rings. The van der Waals surface area contributed by atoms with Crippen molar-refractivity contribution in [2.75, 3.05) is 5.32 Å². The van der Waals surface area contributed by atoms with Crippen LogP contribution in [0.4, 0.5) is 5.69 Å². The van der Waals surface area contributed by atoms with Crippen molar-refractivity contribution in [2.24, 2.45) is 0 Å². The van der Waals surface area contributed by atoms with Gasteiger partial charge in [0.05, 0.1) is 0 Å². The van der Waals surface area contributed by atoms with Gasteiger partial charge in [-0.3, -0.25) is 14.4 Å². The Morgan fingerprint density at radius 1 is 1.07 bits per heavy atom. The van der Waals surface area contributed by atoms with E-state index in [0.29, 0.717) is 40.4 Å². The minimum atomic E-state index is -0.572. The van der Waals surface area contributed by atoms with Crippen LogP contribution in [0.5, 0.6) is 0 Å². The van der Waals surface area contributed by atoms with Crippen molar-refractivity contribution in [1.82, 2.24) is 4.98 Å². The molecule has 1 atom stereocenters. The van der Waals surface area contributed by atoms with Crippen LogP contribution in [0.15, 0.2) is 59.4 Å². The molecule has 1 amide bonds. The number of amides is 1. The Morgan fingerprint density at radius 3 is 2.59 bits per heavy atom. The molecule has 0 aliphatic heterocycles. The summed E-state index contributed by atoms with van der Waals surface area (Å²) < 4.78 is 0. The zero-order chi connectivity index (χ0) is 20.5. The number of benzene rings is 2. The van der Waals surface area contributed by atoms with Crippen molar-refractivity contribution >= 4 is 29.0 Å². The summed E-state index contributed by atoms with van der Waals surface area (Å²) in [6.45, 7) is 1.78. The number of carbonyl (C=O) groups is 2. The molecule has 0 radical (unpaired) electrons. The first kappa shape index (κ1) is 19.2. The van der Waals surface area contributed by atoms with E-state index >= 15 is 0 Å². The Kier molecular flexibility index (Phi) is 5.07. The van der Waals surface area contributed by atoms with Crippen LogP contribution in [0.1, 0.15) is 49.9 Å². The van der Waals surface area contributed by atoms with Gasteiger partial charge in [0.2, 0.25) is 0 Å². The van der Waals surface area contributed by atoms with Crippen LogP contribution in [0, 0.1) is 6.92 Å². The molecule has 1 heterocycles. The van der Waals surface area contributed by atoms with Gasteiger partial charge in [0.15, 0.2) is 5.78 Å². The Balaban J connectivity index is 1.64. The Bertz CT molecular complexity index is 1170. The van der Waals surface area contributed by atoms with E-state index in [1.807, 2.05) is 30.3 Å². The normalized spacial score (nSPS) is 15.7. The van der Waals surface area contributed by atoms with Crippen LogP contribution in [-0.4, -0.2) is 16.7 Å². The average molecular weight is 407 g/mol. The van der Waals surface area contributed by atoms with Gasteiger partial charge < -0.3 is 10.3 Å². The molecule has 4 rings (SSSR count). The molecule has 0 bridgehead atoms. The second-order valence-electron chi connectivity index (χ2n) is 7.21. The second kappa shape index (κ2) is 7.68. The second-order valence-corrected chi connectivity index (χ2v) is 7.62. The molecule has 1 aliphatic carbocycles. The molecule has 0 saturated heterocycles. The van der Waals surface area contributed by atoms with Gasteiger partial charge in [-0.15, -0.1) is 0 Å². The van der Waals surface area contributed by atoms with Crippen LogP contribution in [0.2, 0.25) is 5.02 Å². The number of rotatable bonds is 3. The van der Waals surface area contributed by atoms with Crippen molar-refractivity contribution < 1.29 is 9.59 Å². The van der Waals surface area contributed by atoms with Gasteiger partial charge in [-0.05, 0) is 48.6 Å². The number of H-pyrrole nitrogens is 1. The minimum absolute atomic E-state index is 0.0145. The third kappa shape index (κ3) is 3.74. The Morgan fingerprint density at radius 2 is 1.83 bits per heavy atom. The number of anilines is 1. The first-order valence-electron chi connectivity index (χ1n) is 9.35. The van der Waals surface area contributed by atoms with Gasteiger partial charge in [-0.25, -0.2) is 0 Å². The lowest BCUT2D eigenvalue weighted by Gasteiger charge is -2.24. The number of hydrogen-bond donors (Lipinski definition) is 2. The molecule has 0 spiro atoms. The number of halogens is 1. The fourth-order valence-corrected chi connectivity index (χ4v) is 3.87. The molecule has 0 unspecified atom stereocenters. The number of aromatic nitrogens is 1. The zero-order valence-corrected chi connectivity index (χ0v) is 16.5. The highest BCUT2D eigenvalue weighted by Gasteiger charge is 2.28. The van der Waals surface area contributed by atoms with Crippen LogP contribution >= 0.6 is 11.6 Å². The zero-order valence-electron chi connectivity index (χ0n) is 15.8. The number of nitrogens with one attached hydrogen (secondary N) is 2. The van der Waals surface area contributed by atoms with Crippen LogP contribution < -0.4 is 10.9 Å². The maximum Gasteiger partial charge on any atom is 0.261 e. The molecule has 2 N–H and O–H groups in total. The third-order valence-electron chi connectivity index (χ3n) is 5.34. The minimum Gasteiger partial charge on any atom is -0.325 e. The summed E-state index contributed by atoms with van der Waals surface area (Å²) in [6.07, 6.45) is 0.896. The predicted octanol–water partition coefficient (Wildman–Crippen LogP) is 4.50. The fourth-order valence-electron chi connectivity index (χ4n) is 3.69. The summed E-state index contributed by atoms with van der Waals surface area (Å²) in [6, 6.07) is 16.3.